The Morgan fingerprint density at radius 1 is 1.26 bits per heavy atom. The van der Waals surface area contributed by atoms with Crippen LogP contribution < -0.4 is 10.3 Å². The second-order valence-corrected chi connectivity index (χ2v) is 9.11. The van der Waals surface area contributed by atoms with Crippen molar-refractivity contribution >= 4 is 44.4 Å². The Balaban J connectivity index is 1.56. The predicted octanol–water partition coefficient (Wildman–Crippen LogP) is 2.93. The lowest BCUT2D eigenvalue weighted by Gasteiger charge is -2.11. The number of rotatable bonds is 4. The van der Waals surface area contributed by atoms with E-state index in [0.717, 1.165) is 5.56 Å². The molecule has 31 heavy (non-hydrogen) atoms. The summed E-state index contributed by atoms with van der Waals surface area (Å²) in [5.74, 6) is -0.608. The van der Waals surface area contributed by atoms with Gasteiger partial charge in [0.05, 0.1) is 4.90 Å². The maximum atomic E-state index is 12.5. The van der Waals surface area contributed by atoms with E-state index in [2.05, 4.69) is 9.71 Å². The van der Waals surface area contributed by atoms with Crippen LogP contribution in [0.2, 0.25) is 5.02 Å². The molecule has 0 radical (unpaired) electrons. The fraction of sp³-hybridized carbons (Fsp3) is 0.190. The van der Waals surface area contributed by atoms with Crippen LogP contribution >= 0.6 is 11.6 Å². The highest BCUT2D eigenvalue weighted by Crippen LogP contribution is 2.26. The van der Waals surface area contributed by atoms with Crippen molar-refractivity contribution in [2.24, 2.45) is 4.99 Å². The molecule has 1 aliphatic heterocycles. The number of hydrogen-bond donors (Lipinski definition) is 1. The molecule has 0 saturated carbocycles. The average molecular weight is 461 g/mol. The predicted molar refractivity (Wildman–Crippen MR) is 115 cm³/mol. The molecule has 8 nitrogen and oxygen atoms in total. The van der Waals surface area contributed by atoms with E-state index >= 15 is 0 Å². The molecule has 1 aliphatic rings. The number of carbonyl (C=O) groups excluding carboxylic acids is 1. The van der Waals surface area contributed by atoms with Crippen LogP contribution in [0.5, 0.6) is 0 Å². The van der Waals surface area contributed by atoms with Crippen molar-refractivity contribution in [3.8, 4) is 0 Å². The Morgan fingerprint density at radius 3 is 2.77 bits per heavy atom. The molecule has 1 N–H and O–H groups in total. The molecule has 1 unspecified atom stereocenters. The summed E-state index contributed by atoms with van der Waals surface area (Å²) in [4.78, 5) is 28.6. The van der Waals surface area contributed by atoms with Crippen molar-refractivity contribution in [1.29, 1.82) is 0 Å². The molecule has 1 aromatic heterocycles. The number of ether oxygens (including phenoxy) is 1. The van der Waals surface area contributed by atoms with Crippen LogP contribution in [-0.4, -0.2) is 26.3 Å². The molecule has 160 valence electrons. The number of hydrogen-bond acceptors (Lipinski definition) is 7. The van der Waals surface area contributed by atoms with Gasteiger partial charge in [-0.15, -0.1) is 0 Å². The van der Waals surface area contributed by atoms with Gasteiger partial charge in [0, 0.05) is 27.6 Å². The van der Waals surface area contributed by atoms with Crippen LogP contribution in [0.15, 0.2) is 61.6 Å². The van der Waals surface area contributed by atoms with Gasteiger partial charge < -0.3 is 9.15 Å². The fourth-order valence-corrected chi connectivity index (χ4v) is 4.62. The molecule has 0 spiro atoms. The van der Waals surface area contributed by atoms with Gasteiger partial charge in [0.2, 0.25) is 0 Å². The lowest BCUT2D eigenvalue weighted by Crippen LogP contribution is -2.26. The van der Waals surface area contributed by atoms with Crippen molar-refractivity contribution in [2.75, 3.05) is 0 Å². The summed E-state index contributed by atoms with van der Waals surface area (Å²) < 4.78 is 37.2. The van der Waals surface area contributed by atoms with Gasteiger partial charge in [0.1, 0.15) is 24.1 Å². The zero-order valence-electron chi connectivity index (χ0n) is 16.5. The Morgan fingerprint density at radius 2 is 2.00 bits per heavy atom. The number of aliphatic imine (C=N–C) groups is 1. The summed E-state index contributed by atoms with van der Waals surface area (Å²) in [6.45, 7) is 3.07. The minimum atomic E-state index is -3.71. The minimum Gasteiger partial charge on any atom is -0.459 e. The highest BCUT2D eigenvalue weighted by atomic mass is 35.5. The van der Waals surface area contributed by atoms with E-state index in [1.165, 1.54) is 19.1 Å². The van der Waals surface area contributed by atoms with E-state index in [1.807, 2.05) is 0 Å². The van der Waals surface area contributed by atoms with Crippen LogP contribution in [0.1, 0.15) is 23.6 Å². The number of nitrogens with zero attached hydrogens (tertiary/aromatic N) is 1. The lowest BCUT2D eigenvalue weighted by molar-refractivity contribution is -0.145. The summed E-state index contributed by atoms with van der Waals surface area (Å²) in [6, 6.07) is 9.88. The van der Waals surface area contributed by atoms with Crippen LogP contribution in [0, 0.1) is 6.92 Å². The normalized spacial score (nSPS) is 16.7. The van der Waals surface area contributed by atoms with Gasteiger partial charge in [0.25, 0.3) is 10.0 Å². The minimum absolute atomic E-state index is 0.0770. The van der Waals surface area contributed by atoms with Crippen molar-refractivity contribution in [1.82, 2.24) is 4.72 Å². The van der Waals surface area contributed by atoms with Crippen LogP contribution in [-0.2, 0) is 26.2 Å². The Labute approximate surface area is 182 Å². The third-order valence-corrected chi connectivity index (χ3v) is 6.61. The molecule has 0 aliphatic carbocycles. The first-order chi connectivity index (χ1) is 14.7. The monoisotopic (exact) mass is 460 g/mol. The van der Waals surface area contributed by atoms with E-state index in [9.17, 15) is 18.0 Å². The van der Waals surface area contributed by atoms with Crippen LogP contribution in [0.4, 0.5) is 0 Å². The zero-order chi connectivity index (χ0) is 22.3. The topological polar surface area (TPSA) is 115 Å². The number of benzene rings is 2. The third kappa shape index (κ3) is 4.06. The molecule has 2 aromatic carbocycles. The Hall–Kier alpha value is -3.17. The van der Waals surface area contributed by atoms with E-state index in [-0.39, 0.29) is 17.3 Å². The lowest BCUT2D eigenvalue weighted by atomic mass is 10.1. The molecular weight excluding hydrogens is 444 g/mol. The molecule has 10 heteroatoms. The largest absolute Gasteiger partial charge is 0.459 e. The first-order valence-corrected chi connectivity index (χ1v) is 11.1. The Kier molecular flexibility index (Phi) is 5.32. The number of nitrogens with one attached hydrogen (secondary N) is 1. The molecule has 4 rings (SSSR count). The molecule has 0 amide bonds. The molecule has 0 saturated heterocycles. The number of carbonyl (C=O) groups is 1. The van der Waals surface area contributed by atoms with Crippen LogP contribution in [0.3, 0.4) is 0 Å². The Bertz CT molecular complexity index is 1410. The van der Waals surface area contributed by atoms with Crippen molar-refractivity contribution in [3.63, 3.8) is 0 Å². The third-order valence-electron chi connectivity index (χ3n) is 4.81. The van der Waals surface area contributed by atoms with E-state index in [4.69, 9.17) is 20.8 Å². The van der Waals surface area contributed by atoms with Crippen molar-refractivity contribution in [2.45, 2.75) is 31.4 Å². The van der Waals surface area contributed by atoms with Gasteiger partial charge in [0.15, 0.2) is 0 Å². The molecular formula is C21H17ClN2O6S. The van der Waals surface area contributed by atoms with Gasteiger partial charge in [-0.25, -0.2) is 18.0 Å². The zero-order valence-corrected chi connectivity index (χ0v) is 18.1. The molecule has 0 fully saturated rings. The van der Waals surface area contributed by atoms with Gasteiger partial charge in [-0.2, -0.15) is 0 Å². The smallest absolute Gasteiger partial charge is 0.336 e. The number of fused-ring (bicyclic) bond motifs is 2. The van der Waals surface area contributed by atoms with E-state index in [1.54, 1.807) is 37.3 Å². The van der Waals surface area contributed by atoms with Crippen molar-refractivity contribution in [3.05, 3.63) is 74.6 Å². The number of sulfonamides is 1. The van der Waals surface area contributed by atoms with E-state index in [0.29, 0.717) is 27.1 Å². The number of amidine groups is 1. The average Bonchev–Trinajstić information content (AvgIpc) is 2.97. The van der Waals surface area contributed by atoms with Gasteiger partial charge in [-0.3, -0.25) is 9.71 Å². The number of esters is 1. The highest BCUT2D eigenvalue weighted by molar-refractivity contribution is 7.90. The summed E-state index contributed by atoms with van der Waals surface area (Å²) in [5.41, 5.74) is 1.33. The molecule has 0 bridgehead atoms. The molecule has 3 aromatic rings. The first-order valence-electron chi connectivity index (χ1n) is 9.25. The van der Waals surface area contributed by atoms with Crippen molar-refractivity contribution < 1.29 is 22.4 Å². The summed E-state index contributed by atoms with van der Waals surface area (Å²) in [7, 11) is -3.71. The van der Waals surface area contributed by atoms with Gasteiger partial charge in [-0.05, 0) is 43.7 Å². The quantitative estimate of drug-likeness (QED) is 0.473. The van der Waals surface area contributed by atoms with Gasteiger partial charge >= 0.3 is 11.6 Å². The summed E-state index contributed by atoms with van der Waals surface area (Å²) >= 11 is 6.17. The molecule has 1 atom stereocenters. The highest BCUT2D eigenvalue weighted by Gasteiger charge is 2.31. The van der Waals surface area contributed by atoms with Crippen LogP contribution in [0.25, 0.3) is 11.0 Å². The summed E-state index contributed by atoms with van der Waals surface area (Å²) in [6.07, 6.45) is 0. The number of halogens is 1. The van der Waals surface area contributed by atoms with E-state index < -0.39 is 27.7 Å². The number of aryl methyl sites for hydroxylation is 1. The maximum Gasteiger partial charge on any atom is 0.336 e. The van der Waals surface area contributed by atoms with Gasteiger partial charge in [-0.1, -0.05) is 23.7 Å². The molecule has 2 heterocycles. The SMILES string of the molecule is Cc1cc2oc(=O)cc(COC(=O)C(C)N=C3NS(=O)(=O)c4ccccc43)c2cc1Cl. The standard InChI is InChI=1S/C21H17ClN2O6S/c1-11-7-17-15(9-16(11)22)13(8-19(25)30-17)10-29-21(26)12(2)23-20-14-5-3-4-6-18(14)31(27,28)24-20/h3-9,12H,10H2,1-2H3,(H,23,24). The maximum absolute atomic E-state index is 12.5. The summed E-state index contributed by atoms with van der Waals surface area (Å²) in [5, 5.41) is 1.04. The second kappa shape index (κ2) is 7.82. The first kappa shape index (κ1) is 21.1. The second-order valence-electron chi connectivity index (χ2n) is 7.05. The fourth-order valence-electron chi connectivity index (χ4n) is 3.21.